The monoisotopic (exact) mass is 460 g/mol. The maximum atomic E-state index is 12.6. The van der Waals surface area contributed by atoms with E-state index in [0.29, 0.717) is 18.3 Å². The number of nitrogens with one attached hydrogen (secondary N) is 1. The number of thioether (sulfide) groups is 1. The number of rotatable bonds is 8. The van der Waals surface area contributed by atoms with Crippen molar-refractivity contribution in [3.8, 4) is 11.4 Å². The fraction of sp³-hybridized carbons (Fsp3) is 0.250. The highest BCUT2D eigenvalue weighted by Gasteiger charge is 2.21. The minimum atomic E-state index is -0.335. The Morgan fingerprint density at radius 1 is 1.18 bits per heavy atom. The smallest absolute Gasteiger partial charge is 0.237 e. The number of aromatic nitrogens is 3. The third-order valence-corrected chi connectivity index (χ3v) is 5.64. The van der Waals surface area contributed by atoms with Crippen LogP contribution in [-0.2, 0) is 16.1 Å². The molecule has 0 spiro atoms. The van der Waals surface area contributed by atoms with Gasteiger partial charge in [-0.05, 0) is 31.2 Å². The van der Waals surface area contributed by atoms with Crippen LogP contribution >= 0.6 is 27.7 Å². The van der Waals surface area contributed by atoms with Crippen molar-refractivity contribution in [3.05, 3.63) is 59.1 Å². The first-order chi connectivity index (χ1) is 13.6. The van der Waals surface area contributed by atoms with Crippen molar-refractivity contribution in [2.75, 3.05) is 19.0 Å². The van der Waals surface area contributed by atoms with Crippen LogP contribution in [0.5, 0.6) is 0 Å². The minimum absolute atomic E-state index is 0.0881. The van der Waals surface area contributed by atoms with Gasteiger partial charge >= 0.3 is 0 Å². The number of carbonyl (C=O) groups is 1. The Bertz CT molecular complexity index is 916. The van der Waals surface area contributed by atoms with Crippen LogP contribution in [0.4, 0.5) is 5.69 Å². The molecule has 6 nitrogen and oxygen atoms in total. The Labute approximate surface area is 176 Å². The van der Waals surface area contributed by atoms with Crippen LogP contribution in [-0.4, -0.2) is 39.6 Å². The zero-order chi connectivity index (χ0) is 19.9. The molecule has 1 heterocycles. The van der Waals surface area contributed by atoms with Gasteiger partial charge in [-0.2, -0.15) is 0 Å². The number of ether oxygens (including phenoxy) is 1. The number of hydrogen-bond acceptors (Lipinski definition) is 5. The third kappa shape index (κ3) is 5.21. The number of hydrogen-bond donors (Lipinski definition) is 1. The van der Waals surface area contributed by atoms with Crippen molar-refractivity contribution in [2.24, 2.45) is 0 Å². The van der Waals surface area contributed by atoms with Gasteiger partial charge in [0.2, 0.25) is 5.91 Å². The Morgan fingerprint density at radius 3 is 2.57 bits per heavy atom. The summed E-state index contributed by atoms with van der Waals surface area (Å²) < 4.78 is 8.19. The van der Waals surface area contributed by atoms with E-state index in [0.717, 1.165) is 21.5 Å². The minimum Gasteiger partial charge on any atom is -0.383 e. The summed E-state index contributed by atoms with van der Waals surface area (Å²) in [5, 5.41) is 11.9. The standard InChI is InChI=1S/C20H21BrN4O2S/c1-14(19(26)22-17-10-8-16(21)9-11-17)28-20-24-23-18(25(20)12-13-27-2)15-6-4-3-5-7-15/h3-11,14H,12-13H2,1-2H3,(H,22,26)/t14-/m1/s1. The number of amides is 1. The van der Waals surface area contributed by atoms with Gasteiger partial charge in [-0.1, -0.05) is 58.0 Å². The molecule has 8 heteroatoms. The van der Waals surface area contributed by atoms with E-state index >= 15 is 0 Å². The molecule has 0 aliphatic rings. The molecule has 0 bridgehead atoms. The van der Waals surface area contributed by atoms with E-state index in [4.69, 9.17) is 4.74 Å². The predicted octanol–water partition coefficient (Wildman–Crippen LogP) is 4.47. The molecule has 0 aliphatic carbocycles. The van der Waals surface area contributed by atoms with E-state index in [2.05, 4.69) is 31.4 Å². The van der Waals surface area contributed by atoms with Crippen LogP contribution in [0, 0.1) is 0 Å². The molecule has 3 rings (SSSR count). The van der Waals surface area contributed by atoms with Gasteiger partial charge < -0.3 is 10.1 Å². The van der Waals surface area contributed by atoms with E-state index in [-0.39, 0.29) is 11.2 Å². The summed E-state index contributed by atoms with van der Waals surface area (Å²) in [5.74, 6) is 0.676. The largest absolute Gasteiger partial charge is 0.383 e. The summed E-state index contributed by atoms with van der Waals surface area (Å²) >= 11 is 4.77. The average molecular weight is 461 g/mol. The van der Waals surface area contributed by atoms with Gasteiger partial charge in [0, 0.05) is 22.8 Å². The zero-order valence-electron chi connectivity index (χ0n) is 15.6. The first-order valence-corrected chi connectivity index (χ1v) is 10.5. The number of anilines is 1. The van der Waals surface area contributed by atoms with E-state index in [1.807, 2.05) is 66.1 Å². The molecule has 0 fully saturated rings. The van der Waals surface area contributed by atoms with Crippen molar-refractivity contribution in [1.82, 2.24) is 14.8 Å². The number of carbonyl (C=O) groups excluding carboxylic acids is 1. The zero-order valence-corrected chi connectivity index (χ0v) is 18.0. The molecule has 0 unspecified atom stereocenters. The predicted molar refractivity (Wildman–Crippen MR) is 115 cm³/mol. The molecule has 2 aromatic carbocycles. The lowest BCUT2D eigenvalue weighted by atomic mass is 10.2. The summed E-state index contributed by atoms with van der Waals surface area (Å²) in [4.78, 5) is 12.6. The maximum Gasteiger partial charge on any atom is 0.237 e. The first kappa shape index (κ1) is 20.6. The lowest BCUT2D eigenvalue weighted by molar-refractivity contribution is -0.115. The summed E-state index contributed by atoms with van der Waals surface area (Å²) in [7, 11) is 1.66. The van der Waals surface area contributed by atoms with Gasteiger partial charge in [-0.25, -0.2) is 0 Å². The van der Waals surface area contributed by atoms with Crippen LogP contribution in [0.25, 0.3) is 11.4 Å². The first-order valence-electron chi connectivity index (χ1n) is 8.79. The van der Waals surface area contributed by atoms with Crippen LogP contribution in [0.15, 0.2) is 64.2 Å². The quantitative estimate of drug-likeness (QED) is 0.502. The molecule has 0 aliphatic heterocycles. The third-order valence-electron chi connectivity index (χ3n) is 4.03. The van der Waals surface area contributed by atoms with Crippen LogP contribution < -0.4 is 5.32 Å². The van der Waals surface area contributed by atoms with Crippen molar-refractivity contribution >= 4 is 39.3 Å². The molecular weight excluding hydrogens is 440 g/mol. The number of methoxy groups -OCH3 is 1. The Kier molecular flexibility index (Phi) is 7.24. The lowest BCUT2D eigenvalue weighted by Crippen LogP contribution is -2.23. The summed E-state index contributed by atoms with van der Waals surface area (Å²) in [6, 6.07) is 17.4. The normalized spacial score (nSPS) is 12.0. The van der Waals surface area contributed by atoms with Crippen molar-refractivity contribution < 1.29 is 9.53 Å². The topological polar surface area (TPSA) is 69.0 Å². The van der Waals surface area contributed by atoms with E-state index < -0.39 is 0 Å². The van der Waals surface area contributed by atoms with Gasteiger partial charge in [0.1, 0.15) is 0 Å². The molecule has 146 valence electrons. The molecule has 3 aromatic rings. The summed E-state index contributed by atoms with van der Waals surface area (Å²) in [6.45, 7) is 3.00. The maximum absolute atomic E-state index is 12.6. The van der Waals surface area contributed by atoms with E-state index in [9.17, 15) is 4.79 Å². The molecular formula is C20H21BrN4O2S. The second-order valence-electron chi connectivity index (χ2n) is 6.07. The molecule has 28 heavy (non-hydrogen) atoms. The molecule has 0 saturated carbocycles. The molecule has 1 N–H and O–H groups in total. The fourth-order valence-electron chi connectivity index (χ4n) is 2.55. The molecule has 0 radical (unpaired) electrons. The van der Waals surface area contributed by atoms with Crippen molar-refractivity contribution in [1.29, 1.82) is 0 Å². The van der Waals surface area contributed by atoms with E-state index in [1.165, 1.54) is 11.8 Å². The lowest BCUT2D eigenvalue weighted by Gasteiger charge is -2.14. The molecule has 1 amide bonds. The number of halogens is 1. The highest BCUT2D eigenvalue weighted by molar-refractivity contribution is 9.10. The number of benzene rings is 2. The Balaban J connectivity index is 1.75. The van der Waals surface area contributed by atoms with Gasteiger partial charge in [-0.3, -0.25) is 9.36 Å². The Morgan fingerprint density at radius 2 is 1.89 bits per heavy atom. The van der Waals surface area contributed by atoms with Crippen LogP contribution in [0.1, 0.15) is 6.92 Å². The summed E-state index contributed by atoms with van der Waals surface area (Å²) in [6.07, 6.45) is 0. The fourth-order valence-corrected chi connectivity index (χ4v) is 3.69. The highest BCUT2D eigenvalue weighted by Crippen LogP contribution is 2.27. The van der Waals surface area contributed by atoms with Crippen molar-refractivity contribution in [3.63, 3.8) is 0 Å². The number of nitrogens with zero attached hydrogens (tertiary/aromatic N) is 3. The van der Waals surface area contributed by atoms with E-state index in [1.54, 1.807) is 7.11 Å². The van der Waals surface area contributed by atoms with Crippen LogP contribution in [0.2, 0.25) is 0 Å². The van der Waals surface area contributed by atoms with Gasteiger partial charge in [0.25, 0.3) is 0 Å². The second-order valence-corrected chi connectivity index (χ2v) is 8.30. The van der Waals surface area contributed by atoms with Crippen LogP contribution in [0.3, 0.4) is 0 Å². The van der Waals surface area contributed by atoms with Gasteiger partial charge in [0.15, 0.2) is 11.0 Å². The average Bonchev–Trinajstić information content (AvgIpc) is 3.11. The summed E-state index contributed by atoms with van der Waals surface area (Å²) in [5.41, 5.74) is 1.73. The van der Waals surface area contributed by atoms with Crippen molar-refractivity contribution in [2.45, 2.75) is 23.9 Å². The molecule has 1 aromatic heterocycles. The van der Waals surface area contributed by atoms with Gasteiger partial charge in [-0.15, -0.1) is 10.2 Å². The van der Waals surface area contributed by atoms with Gasteiger partial charge in [0.05, 0.1) is 18.4 Å². The highest BCUT2D eigenvalue weighted by atomic mass is 79.9. The SMILES string of the molecule is COCCn1c(S[C@H](C)C(=O)Nc2ccc(Br)cc2)nnc1-c1ccccc1. The molecule has 0 saturated heterocycles. The molecule has 1 atom stereocenters. The Hall–Kier alpha value is -2.16. The second kappa shape index (κ2) is 9.86.